The fraction of sp³-hybridized carbons (Fsp3) is 0.765. The summed E-state index contributed by atoms with van der Waals surface area (Å²) in [5, 5.41) is 0. The third-order valence-corrected chi connectivity index (χ3v) is 3.89. The van der Waals surface area contributed by atoms with E-state index in [1.165, 1.54) is 13.3 Å². The topological polar surface area (TPSA) is 43.4 Å². The van der Waals surface area contributed by atoms with Gasteiger partial charge in [0.15, 0.2) is 5.78 Å². The molecule has 0 radical (unpaired) electrons. The van der Waals surface area contributed by atoms with Crippen molar-refractivity contribution < 1.29 is 14.3 Å². The predicted octanol–water partition coefficient (Wildman–Crippen LogP) is 4.20. The number of carbonyl (C=O) groups excluding carboxylic acids is 2. The van der Waals surface area contributed by atoms with E-state index < -0.39 is 0 Å². The Morgan fingerprint density at radius 1 is 1.20 bits per heavy atom. The first-order valence-electron chi connectivity index (χ1n) is 8.02. The lowest BCUT2D eigenvalue weighted by molar-refractivity contribution is -0.144. The van der Waals surface area contributed by atoms with E-state index >= 15 is 0 Å². The van der Waals surface area contributed by atoms with Gasteiger partial charge in [-0.1, -0.05) is 39.0 Å². The van der Waals surface area contributed by atoms with Gasteiger partial charge in [0.05, 0.1) is 0 Å². The molecule has 0 aromatic heterocycles. The van der Waals surface area contributed by atoms with Crippen molar-refractivity contribution in [2.75, 3.05) is 0 Å². The first-order chi connectivity index (χ1) is 9.63. The van der Waals surface area contributed by atoms with Gasteiger partial charge in [-0.2, -0.15) is 0 Å². The van der Waals surface area contributed by atoms with Crippen LogP contribution in [0.3, 0.4) is 0 Å². The highest BCUT2D eigenvalue weighted by molar-refractivity contribution is 5.91. The van der Waals surface area contributed by atoms with Crippen molar-refractivity contribution in [1.82, 2.24) is 0 Å². The Bertz CT molecular complexity index is 327. The van der Waals surface area contributed by atoms with E-state index in [9.17, 15) is 9.59 Å². The molecule has 1 fully saturated rings. The summed E-state index contributed by atoms with van der Waals surface area (Å²) in [5.74, 6) is 0.118. The molecule has 3 nitrogen and oxygen atoms in total. The summed E-state index contributed by atoms with van der Waals surface area (Å²) >= 11 is 0. The van der Waals surface area contributed by atoms with Crippen molar-refractivity contribution in [2.45, 2.75) is 77.7 Å². The highest BCUT2D eigenvalue weighted by Gasteiger charge is 2.19. The number of unbranched alkanes of at least 4 members (excludes halogenated alkanes) is 2. The van der Waals surface area contributed by atoms with E-state index in [-0.39, 0.29) is 23.8 Å². The second-order valence-electron chi connectivity index (χ2n) is 5.74. The number of ketones is 1. The molecule has 20 heavy (non-hydrogen) atoms. The molecule has 1 atom stereocenters. The summed E-state index contributed by atoms with van der Waals surface area (Å²) in [7, 11) is 0. The van der Waals surface area contributed by atoms with Gasteiger partial charge in [0, 0.05) is 12.8 Å². The molecule has 0 N–H and O–H groups in total. The molecule has 114 valence electrons. The molecule has 1 aliphatic carbocycles. The molecule has 0 aromatic rings. The lowest BCUT2D eigenvalue weighted by Crippen LogP contribution is -2.18. The molecule has 0 amide bonds. The lowest BCUT2D eigenvalue weighted by atomic mass is 9.86. The normalized spacial score (nSPS) is 18.1. The maximum Gasteiger partial charge on any atom is 0.303 e. The van der Waals surface area contributed by atoms with Gasteiger partial charge in [0.25, 0.3) is 0 Å². The molecule has 1 rings (SSSR count). The third-order valence-electron chi connectivity index (χ3n) is 3.89. The van der Waals surface area contributed by atoms with Gasteiger partial charge in [-0.05, 0) is 37.8 Å². The minimum absolute atomic E-state index is 0.189. The van der Waals surface area contributed by atoms with Crippen LogP contribution in [0.1, 0.15) is 71.6 Å². The quantitative estimate of drug-likeness (QED) is 0.380. The van der Waals surface area contributed by atoms with Crippen molar-refractivity contribution >= 4 is 11.8 Å². The Morgan fingerprint density at radius 2 is 1.90 bits per heavy atom. The van der Waals surface area contributed by atoms with E-state index in [0.29, 0.717) is 0 Å². The van der Waals surface area contributed by atoms with E-state index in [2.05, 4.69) is 6.92 Å². The van der Waals surface area contributed by atoms with Gasteiger partial charge in [-0.15, -0.1) is 0 Å². The van der Waals surface area contributed by atoms with Crippen molar-refractivity contribution in [3.63, 3.8) is 0 Å². The average Bonchev–Trinajstić information content (AvgIpc) is 2.45. The number of allylic oxidation sites excluding steroid dienone is 1. The van der Waals surface area contributed by atoms with E-state index in [1.807, 2.05) is 0 Å². The molecular weight excluding hydrogens is 252 g/mol. The minimum Gasteiger partial charge on any atom is -0.458 e. The Morgan fingerprint density at radius 3 is 2.50 bits per heavy atom. The average molecular weight is 280 g/mol. The summed E-state index contributed by atoms with van der Waals surface area (Å²) in [6.07, 6.45) is 12.9. The zero-order valence-electron chi connectivity index (χ0n) is 12.9. The van der Waals surface area contributed by atoms with Gasteiger partial charge < -0.3 is 4.74 Å². The van der Waals surface area contributed by atoms with E-state index in [4.69, 9.17) is 4.74 Å². The van der Waals surface area contributed by atoms with Crippen LogP contribution >= 0.6 is 0 Å². The van der Waals surface area contributed by atoms with Crippen LogP contribution in [0, 0.1) is 5.92 Å². The number of carbonyl (C=O) groups is 2. The first kappa shape index (κ1) is 16.9. The maximum absolute atomic E-state index is 12.1. The summed E-state index contributed by atoms with van der Waals surface area (Å²) in [6, 6.07) is 0. The summed E-state index contributed by atoms with van der Waals surface area (Å²) in [4.78, 5) is 23.2. The molecule has 0 aromatic carbocycles. The van der Waals surface area contributed by atoms with Gasteiger partial charge >= 0.3 is 5.97 Å². The Hall–Kier alpha value is -1.12. The fourth-order valence-corrected chi connectivity index (χ4v) is 2.73. The first-order valence-corrected chi connectivity index (χ1v) is 8.02. The zero-order chi connectivity index (χ0) is 14.8. The lowest BCUT2D eigenvalue weighted by Gasteiger charge is -2.19. The molecule has 3 heteroatoms. The number of esters is 1. The van der Waals surface area contributed by atoms with Crippen LogP contribution in [0.2, 0.25) is 0 Å². The van der Waals surface area contributed by atoms with Gasteiger partial charge in [-0.25, -0.2) is 0 Å². The zero-order valence-corrected chi connectivity index (χ0v) is 12.9. The molecule has 0 heterocycles. The van der Waals surface area contributed by atoms with Crippen LogP contribution in [-0.2, 0) is 14.3 Å². The molecule has 0 aliphatic heterocycles. The molecular formula is C17H28O3. The highest BCUT2D eigenvalue weighted by Crippen LogP contribution is 2.24. The third kappa shape index (κ3) is 6.88. The Kier molecular flexibility index (Phi) is 8.24. The van der Waals surface area contributed by atoms with Crippen LogP contribution in [0.5, 0.6) is 0 Å². The Balaban J connectivity index is 2.46. The SMILES string of the molecule is CCCCC[C@@H](/C=C/C(=O)C1CCCCC1)OC(C)=O. The van der Waals surface area contributed by atoms with Gasteiger partial charge in [-0.3, -0.25) is 9.59 Å². The van der Waals surface area contributed by atoms with E-state index in [0.717, 1.165) is 51.4 Å². The number of hydrogen-bond acceptors (Lipinski definition) is 3. The largest absolute Gasteiger partial charge is 0.458 e. The van der Waals surface area contributed by atoms with Crippen LogP contribution in [-0.4, -0.2) is 17.9 Å². The van der Waals surface area contributed by atoms with Crippen LogP contribution in [0.4, 0.5) is 0 Å². The molecule has 1 saturated carbocycles. The maximum atomic E-state index is 12.1. The van der Waals surface area contributed by atoms with Gasteiger partial charge in [0.2, 0.25) is 0 Å². The predicted molar refractivity (Wildman–Crippen MR) is 80.4 cm³/mol. The molecule has 0 unspecified atom stereocenters. The Labute approximate surface area is 122 Å². The van der Waals surface area contributed by atoms with Crippen molar-refractivity contribution in [3.8, 4) is 0 Å². The molecule has 0 bridgehead atoms. The van der Waals surface area contributed by atoms with E-state index in [1.54, 1.807) is 12.2 Å². The van der Waals surface area contributed by atoms with Crippen LogP contribution in [0.15, 0.2) is 12.2 Å². The van der Waals surface area contributed by atoms with Crippen molar-refractivity contribution in [1.29, 1.82) is 0 Å². The summed E-state index contributed by atoms with van der Waals surface area (Å²) in [6.45, 7) is 3.56. The second-order valence-corrected chi connectivity index (χ2v) is 5.74. The minimum atomic E-state index is -0.277. The smallest absolute Gasteiger partial charge is 0.303 e. The van der Waals surface area contributed by atoms with Crippen molar-refractivity contribution in [2.24, 2.45) is 5.92 Å². The van der Waals surface area contributed by atoms with Crippen LogP contribution in [0.25, 0.3) is 0 Å². The number of rotatable bonds is 8. The van der Waals surface area contributed by atoms with Crippen LogP contribution < -0.4 is 0 Å². The summed E-state index contributed by atoms with van der Waals surface area (Å²) in [5.41, 5.74) is 0. The molecule has 1 aliphatic rings. The fourth-order valence-electron chi connectivity index (χ4n) is 2.73. The number of hydrogen-bond donors (Lipinski definition) is 0. The standard InChI is InChI=1S/C17H28O3/c1-3-4-6-11-16(20-14(2)18)12-13-17(19)15-9-7-5-8-10-15/h12-13,15-16H,3-11H2,1-2H3/b13-12+/t16-/m0/s1. The monoisotopic (exact) mass is 280 g/mol. The summed E-state index contributed by atoms with van der Waals surface area (Å²) < 4.78 is 5.26. The van der Waals surface area contributed by atoms with Crippen molar-refractivity contribution in [3.05, 3.63) is 12.2 Å². The highest BCUT2D eigenvalue weighted by atomic mass is 16.5. The molecule has 0 spiro atoms. The number of ether oxygens (including phenoxy) is 1. The second kappa shape index (κ2) is 9.73. The van der Waals surface area contributed by atoms with Gasteiger partial charge in [0.1, 0.15) is 6.10 Å². The molecule has 0 saturated heterocycles.